The molecule has 0 saturated carbocycles. The first-order chi connectivity index (χ1) is 21.3. The predicted molar refractivity (Wildman–Crippen MR) is 154 cm³/mol. The summed E-state index contributed by atoms with van der Waals surface area (Å²) in [7, 11) is 1.37. The van der Waals surface area contributed by atoms with Crippen molar-refractivity contribution >= 4 is 35.0 Å². The molecule has 2 aliphatic rings. The molecule has 3 aromatic rings. The summed E-state index contributed by atoms with van der Waals surface area (Å²) >= 11 is 6.41. The van der Waals surface area contributed by atoms with E-state index in [-0.39, 0.29) is 71.3 Å². The van der Waals surface area contributed by atoms with Gasteiger partial charge >= 0.3 is 6.18 Å². The number of rotatable bonds is 6. The highest BCUT2D eigenvalue weighted by atomic mass is 35.5. The molecule has 2 fully saturated rings. The molecule has 17 heteroatoms. The number of nitrogens with one attached hydrogen (secondary N) is 2. The lowest BCUT2D eigenvalue weighted by Crippen LogP contribution is -2.59. The summed E-state index contributed by atoms with van der Waals surface area (Å²) in [6.45, 7) is 1.74. The Morgan fingerprint density at radius 1 is 1.16 bits per heavy atom. The third-order valence-electron chi connectivity index (χ3n) is 7.87. The normalized spacial score (nSPS) is 16.7. The number of aliphatic hydroxyl groups is 1. The van der Waals surface area contributed by atoms with Crippen molar-refractivity contribution in [2.75, 3.05) is 44.6 Å². The van der Waals surface area contributed by atoms with E-state index in [0.29, 0.717) is 25.9 Å². The minimum Gasteiger partial charge on any atom is -0.380 e. The number of benzene rings is 1. The molecule has 0 radical (unpaired) electrons. The first kappa shape index (κ1) is 31.9. The summed E-state index contributed by atoms with van der Waals surface area (Å²) in [4.78, 5) is 46.2. The van der Waals surface area contributed by atoms with Crippen LogP contribution in [0, 0.1) is 11.3 Å². The maximum Gasteiger partial charge on any atom is 0.435 e. The number of alkyl halides is 3. The number of carbonyl (C=O) groups excluding carboxylic acids is 3. The van der Waals surface area contributed by atoms with Gasteiger partial charge in [-0.3, -0.25) is 19.1 Å². The van der Waals surface area contributed by atoms with Gasteiger partial charge in [0, 0.05) is 45.1 Å². The van der Waals surface area contributed by atoms with Crippen LogP contribution in [-0.4, -0.2) is 96.8 Å². The molecule has 2 aromatic heterocycles. The minimum absolute atomic E-state index is 0.0395. The smallest absolute Gasteiger partial charge is 0.380 e. The Labute approximate surface area is 260 Å². The summed E-state index contributed by atoms with van der Waals surface area (Å²) in [6.07, 6.45) is -1.97. The lowest BCUT2D eigenvalue weighted by atomic mass is 9.90. The Morgan fingerprint density at radius 3 is 2.44 bits per heavy atom. The molecule has 238 valence electrons. The minimum atomic E-state index is -4.81. The zero-order valence-electron chi connectivity index (χ0n) is 24.1. The van der Waals surface area contributed by atoms with Crippen LogP contribution >= 0.6 is 11.6 Å². The molecule has 0 atom stereocenters. The van der Waals surface area contributed by atoms with E-state index in [1.54, 1.807) is 15.9 Å². The van der Waals surface area contributed by atoms with Crippen LogP contribution in [0.2, 0.25) is 5.02 Å². The number of amides is 3. The molecule has 0 spiro atoms. The van der Waals surface area contributed by atoms with Crippen molar-refractivity contribution in [3.63, 3.8) is 0 Å². The average molecular weight is 648 g/mol. The molecule has 4 heterocycles. The summed E-state index contributed by atoms with van der Waals surface area (Å²) in [5, 5.41) is 28.8. The zero-order valence-corrected chi connectivity index (χ0v) is 24.8. The van der Waals surface area contributed by atoms with Gasteiger partial charge in [-0.25, -0.2) is 4.98 Å². The van der Waals surface area contributed by atoms with Crippen molar-refractivity contribution in [3.8, 4) is 17.3 Å². The van der Waals surface area contributed by atoms with Gasteiger partial charge in [-0.05, 0) is 44.1 Å². The first-order valence-corrected chi connectivity index (χ1v) is 14.4. The second kappa shape index (κ2) is 12.5. The number of carbonyl (C=O) groups is 3. The van der Waals surface area contributed by atoms with Gasteiger partial charge in [-0.2, -0.15) is 23.5 Å². The van der Waals surface area contributed by atoms with Crippen LogP contribution in [0.15, 0.2) is 30.6 Å². The van der Waals surface area contributed by atoms with E-state index >= 15 is 0 Å². The predicted octanol–water partition coefficient (Wildman–Crippen LogP) is 2.13. The van der Waals surface area contributed by atoms with E-state index in [1.807, 2.05) is 0 Å². The molecule has 2 saturated heterocycles. The van der Waals surface area contributed by atoms with E-state index in [0.717, 1.165) is 17.1 Å². The summed E-state index contributed by atoms with van der Waals surface area (Å²) in [5.74, 6) is -1.64. The number of anilines is 1. The van der Waals surface area contributed by atoms with Crippen LogP contribution < -0.4 is 10.6 Å². The maximum absolute atomic E-state index is 13.6. The monoisotopic (exact) mass is 647 g/mol. The molecular weight excluding hydrogens is 619 g/mol. The van der Waals surface area contributed by atoms with Crippen LogP contribution in [0.4, 0.5) is 18.9 Å². The number of halogens is 4. The number of aromatic nitrogens is 4. The van der Waals surface area contributed by atoms with Crippen molar-refractivity contribution in [2.45, 2.75) is 31.2 Å². The van der Waals surface area contributed by atoms with Gasteiger partial charge in [0.2, 0.25) is 0 Å². The lowest BCUT2D eigenvalue weighted by Gasteiger charge is -2.40. The van der Waals surface area contributed by atoms with Crippen LogP contribution in [0.5, 0.6) is 0 Å². The molecule has 0 unspecified atom stereocenters. The number of piperazine rings is 1. The van der Waals surface area contributed by atoms with E-state index in [4.69, 9.17) is 16.9 Å². The van der Waals surface area contributed by atoms with Gasteiger partial charge in [-0.15, -0.1) is 0 Å². The maximum atomic E-state index is 13.6. The molecule has 0 aliphatic carbocycles. The fourth-order valence-corrected chi connectivity index (χ4v) is 5.69. The largest absolute Gasteiger partial charge is 0.435 e. The molecule has 1 aromatic carbocycles. The van der Waals surface area contributed by atoms with Crippen molar-refractivity contribution < 1.29 is 32.7 Å². The first-order valence-electron chi connectivity index (χ1n) is 14.0. The van der Waals surface area contributed by atoms with Gasteiger partial charge in [0.1, 0.15) is 12.1 Å². The second-order valence-corrected chi connectivity index (χ2v) is 11.2. The highest BCUT2D eigenvalue weighted by Gasteiger charge is 2.41. The standard InChI is InChI=1S/C28H29ClF3N9O4/c1-38-21(19-16-41(9-6-33)37-22(19)28(30,31)32)15-35-23(38)24(42)36-17-2-3-18(20(29)14-17)25(43)39-10-12-40(13-11-39)26(44)27(45)4-7-34-8-5-27/h2-3,14-16,34,45H,4-5,7-13H2,1H3,(H,36,42). The van der Waals surface area contributed by atoms with Crippen molar-refractivity contribution in [1.29, 1.82) is 5.26 Å². The highest BCUT2D eigenvalue weighted by Crippen LogP contribution is 2.36. The number of hydrogen-bond acceptors (Lipinski definition) is 8. The van der Waals surface area contributed by atoms with Crippen LogP contribution in [0.3, 0.4) is 0 Å². The molecule has 2 aliphatic heterocycles. The Bertz CT molecular complexity index is 1670. The molecule has 13 nitrogen and oxygen atoms in total. The molecule has 0 bridgehead atoms. The Morgan fingerprint density at radius 2 is 1.82 bits per heavy atom. The van der Waals surface area contributed by atoms with Gasteiger partial charge in [0.05, 0.1) is 34.1 Å². The topological polar surface area (TPSA) is 161 Å². The number of imidazole rings is 1. The SMILES string of the molecule is Cn1c(-c2cn(CC#N)nc2C(F)(F)F)cnc1C(=O)Nc1ccc(C(=O)N2CCN(C(=O)C3(O)CCNCC3)CC2)c(Cl)c1. The van der Waals surface area contributed by atoms with Crippen LogP contribution in [0.25, 0.3) is 11.3 Å². The van der Waals surface area contributed by atoms with Crippen molar-refractivity contribution in [2.24, 2.45) is 7.05 Å². The molecule has 45 heavy (non-hydrogen) atoms. The quantitative estimate of drug-likeness (QED) is 0.367. The van der Waals surface area contributed by atoms with Gasteiger partial charge in [0.15, 0.2) is 11.5 Å². The fourth-order valence-electron chi connectivity index (χ4n) is 5.43. The molecule has 3 amide bonds. The summed E-state index contributed by atoms with van der Waals surface area (Å²) < 4.78 is 42.9. The van der Waals surface area contributed by atoms with E-state index in [2.05, 4.69) is 20.7 Å². The second-order valence-electron chi connectivity index (χ2n) is 10.8. The molecule has 5 rings (SSSR count). The van der Waals surface area contributed by atoms with Crippen molar-refractivity contribution in [1.82, 2.24) is 34.4 Å². The Balaban J connectivity index is 1.24. The zero-order chi connectivity index (χ0) is 32.5. The van der Waals surface area contributed by atoms with Gasteiger partial charge in [-0.1, -0.05) is 11.6 Å². The van der Waals surface area contributed by atoms with E-state index < -0.39 is 29.9 Å². The number of nitrogens with zero attached hydrogens (tertiary/aromatic N) is 7. The molecular formula is C28H29ClF3N9O4. The van der Waals surface area contributed by atoms with Crippen LogP contribution in [-0.2, 0) is 24.6 Å². The Kier molecular flexibility index (Phi) is 8.88. The van der Waals surface area contributed by atoms with E-state index in [9.17, 15) is 32.7 Å². The van der Waals surface area contributed by atoms with E-state index in [1.165, 1.54) is 29.8 Å². The van der Waals surface area contributed by atoms with Gasteiger partial charge in [0.25, 0.3) is 17.7 Å². The fraction of sp³-hybridized carbons (Fsp3) is 0.429. The highest BCUT2D eigenvalue weighted by molar-refractivity contribution is 6.34. The van der Waals surface area contributed by atoms with Gasteiger partial charge < -0.3 is 30.1 Å². The summed E-state index contributed by atoms with van der Waals surface area (Å²) in [5.41, 5.74) is -2.60. The number of nitriles is 1. The third kappa shape index (κ3) is 6.51. The van der Waals surface area contributed by atoms with Crippen LogP contribution in [0.1, 0.15) is 39.5 Å². The number of hydrogen-bond donors (Lipinski definition) is 3. The number of piperidine rings is 1. The Hall–Kier alpha value is -4.46. The third-order valence-corrected chi connectivity index (χ3v) is 8.18. The summed E-state index contributed by atoms with van der Waals surface area (Å²) in [6, 6.07) is 6.01. The van der Waals surface area contributed by atoms with Crippen molar-refractivity contribution in [3.05, 3.63) is 52.7 Å². The lowest BCUT2D eigenvalue weighted by molar-refractivity contribution is -0.155. The average Bonchev–Trinajstić information content (AvgIpc) is 3.60. The molecule has 3 N–H and O–H groups in total.